The lowest BCUT2D eigenvalue weighted by atomic mass is 10.2. The van der Waals surface area contributed by atoms with Crippen LogP contribution in [0, 0.1) is 12.7 Å². The number of nitrogens with one attached hydrogen (secondary N) is 2. The number of carbonyl (C=O) groups is 2. The van der Waals surface area contributed by atoms with Gasteiger partial charge in [0.25, 0.3) is 0 Å². The SMILES string of the molecule is Cc1nccn1Cc1ccc(NC(=O)C(C)SCC(=O)Nc2ccc(F)cc2)cc1. The summed E-state index contributed by atoms with van der Waals surface area (Å²) in [5.41, 5.74) is 2.33. The van der Waals surface area contributed by atoms with Crippen LogP contribution < -0.4 is 10.6 Å². The molecular weight excluding hydrogens is 403 g/mol. The zero-order valence-corrected chi connectivity index (χ0v) is 17.6. The number of rotatable bonds is 8. The molecule has 1 atom stereocenters. The van der Waals surface area contributed by atoms with Gasteiger partial charge in [0.2, 0.25) is 11.8 Å². The number of aryl methyl sites for hydroxylation is 1. The van der Waals surface area contributed by atoms with Crippen LogP contribution >= 0.6 is 11.8 Å². The second-order valence-corrected chi connectivity index (χ2v) is 8.13. The molecule has 2 aromatic carbocycles. The van der Waals surface area contributed by atoms with Crippen molar-refractivity contribution in [3.8, 4) is 0 Å². The molecule has 0 saturated heterocycles. The number of nitrogens with zero attached hydrogens (tertiary/aromatic N) is 2. The van der Waals surface area contributed by atoms with E-state index in [1.165, 1.54) is 36.0 Å². The highest BCUT2D eigenvalue weighted by molar-refractivity contribution is 8.01. The molecule has 0 bridgehead atoms. The molecule has 30 heavy (non-hydrogen) atoms. The van der Waals surface area contributed by atoms with Crippen molar-refractivity contribution in [2.24, 2.45) is 0 Å². The van der Waals surface area contributed by atoms with Crippen LogP contribution in [0.15, 0.2) is 60.9 Å². The molecule has 0 aliphatic rings. The lowest BCUT2D eigenvalue weighted by Crippen LogP contribution is -2.25. The zero-order valence-electron chi connectivity index (χ0n) is 16.8. The Morgan fingerprint density at radius 1 is 1.07 bits per heavy atom. The Kier molecular flexibility index (Phi) is 7.24. The summed E-state index contributed by atoms with van der Waals surface area (Å²) in [4.78, 5) is 28.6. The van der Waals surface area contributed by atoms with E-state index in [4.69, 9.17) is 0 Å². The second-order valence-electron chi connectivity index (χ2n) is 6.80. The standard InChI is InChI=1S/C22H23FN4O2S/c1-15(30-14-21(28)25-19-9-5-18(23)6-10-19)22(29)26-20-7-3-17(4-8-20)13-27-12-11-24-16(27)2/h3-12,15H,13-14H2,1-2H3,(H,25,28)(H,26,29). The lowest BCUT2D eigenvalue weighted by molar-refractivity contribution is -0.115. The van der Waals surface area contributed by atoms with Crippen LogP contribution in [0.1, 0.15) is 18.3 Å². The van der Waals surface area contributed by atoms with Gasteiger partial charge in [-0.2, -0.15) is 0 Å². The van der Waals surface area contributed by atoms with Crippen molar-refractivity contribution in [2.75, 3.05) is 16.4 Å². The highest BCUT2D eigenvalue weighted by Gasteiger charge is 2.15. The molecule has 1 heterocycles. The Morgan fingerprint density at radius 3 is 2.33 bits per heavy atom. The first kappa shape index (κ1) is 21.6. The monoisotopic (exact) mass is 426 g/mol. The van der Waals surface area contributed by atoms with Crippen LogP contribution in [-0.4, -0.2) is 32.4 Å². The third kappa shape index (κ3) is 6.18. The van der Waals surface area contributed by atoms with Crippen LogP contribution in [0.2, 0.25) is 0 Å². The van der Waals surface area contributed by atoms with Gasteiger partial charge in [-0.25, -0.2) is 9.37 Å². The summed E-state index contributed by atoms with van der Waals surface area (Å²) in [5, 5.41) is 5.14. The molecule has 2 N–H and O–H groups in total. The minimum atomic E-state index is -0.405. The van der Waals surface area contributed by atoms with Gasteiger partial charge < -0.3 is 15.2 Å². The molecule has 0 fully saturated rings. The van der Waals surface area contributed by atoms with E-state index in [9.17, 15) is 14.0 Å². The Hall–Kier alpha value is -3.13. The van der Waals surface area contributed by atoms with Crippen molar-refractivity contribution in [1.82, 2.24) is 9.55 Å². The van der Waals surface area contributed by atoms with Gasteiger partial charge in [-0.3, -0.25) is 9.59 Å². The molecular formula is C22H23FN4O2S. The number of imidazole rings is 1. The van der Waals surface area contributed by atoms with Crippen molar-refractivity contribution in [3.05, 3.63) is 78.1 Å². The van der Waals surface area contributed by atoms with E-state index in [-0.39, 0.29) is 23.4 Å². The van der Waals surface area contributed by atoms with Gasteiger partial charge in [0.15, 0.2) is 0 Å². The van der Waals surface area contributed by atoms with Crippen molar-refractivity contribution in [2.45, 2.75) is 25.6 Å². The minimum Gasteiger partial charge on any atom is -0.331 e. The fourth-order valence-corrected chi connectivity index (χ4v) is 3.40. The summed E-state index contributed by atoms with van der Waals surface area (Å²) < 4.78 is 14.9. The molecule has 6 nitrogen and oxygen atoms in total. The van der Waals surface area contributed by atoms with E-state index in [0.29, 0.717) is 11.4 Å². The summed E-state index contributed by atoms with van der Waals surface area (Å²) >= 11 is 1.23. The van der Waals surface area contributed by atoms with Crippen molar-refractivity contribution in [3.63, 3.8) is 0 Å². The summed E-state index contributed by atoms with van der Waals surface area (Å²) in [7, 11) is 0. The summed E-state index contributed by atoms with van der Waals surface area (Å²) in [6.45, 7) is 4.42. The maximum Gasteiger partial charge on any atom is 0.237 e. The molecule has 1 unspecified atom stereocenters. The van der Waals surface area contributed by atoms with Crippen molar-refractivity contribution < 1.29 is 14.0 Å². The molecule has 156 valence electrons. The van der Waals surface area contributed by atoms with E-state index >= 15 is 0 Å². The maximum absolute atomic E-state index is 12.9. The predicted octanol–water partition coefficient (Wildman–Crippen LogP) is 4.08. The topological polar surface area (TPSA) is 76.0 Å². The first-order valence-corrected chi connectivity index (χ1v) is 10.5. The predicted molar refractivity (Wildman–Crippen MR) is 118 cm³/mol. The number of halogens is 1. The average molecular weight is 427 g/mol. The van der Waals surface area contributed by atoms with Crippen molar-refractivity contribution in [1.29, 1.82) is 0 Å². The summed E-state index contributed by atoms with van der Waals surface area (Å²) in [5.74, 6) is 0.284. The minimum absolute atomic E-state index is 0.120. The van der Waals surface area contributed by atoms with E-state index in [2.05, 4.69) is 15.6 Å². The fourth-order valence-electron chi connectivity index (χ4n) is 2.71. The molecule has 1 aromatic heterocycles. The van der Waals surface area contributed by atoms with E-state index in [0.717, 1.165) is 17.9 Å². The van der Waals surface area contributed by atoms with Crippen LogP contribution in [0.5, 0.6) is 0 Å². The van der Waals surface area contributed by atoms with Crippen molar-refractivity contribution >= 4 is 35.0 Å². The third-order valence-electron chi connectivity index (χ3n) is 4.46. The van der Waals surface area contributed by atoms with Crippen LogP contribution in [0.4, 0.5) is 15.8 Å². The molecule has 0 aliphatic heterocycles. The fraction of sp³-hybridized carbons (Fsp3) is 0.227. The lowest BCUT2D eigenvalue weighted by Gasteiger charge is -2.13. The van der Waals surface area contributed by atoms with Gasteiger partial charge in [-0.05, 0) is 55.8 Å². The van der Waals surface area contributed by atoms with Crippen LogP contribution in [0.3, 0.4) is 0 Å². The number of carbonyl (C=O) groups excluding carboxylic acids is 2. The van der Waals surface area contributed by atoms with Gasteiger partial charge >= 0.3 is 0 Å². The number of thioether (sulfide) groups is 1. The Morgan fingerprint density at radius 2 is 1.70 bits per heavy atom. The Bertz CT molecular complexity index is 1000. The van der Waals surface area contributed by atoms with Gasteiger partial charge in [0, 0.05) is 30.3 Å². The smallest absolute Gasteiger partial charge is 0.237 e. The van der Waals surface area contributed by atoms with Crippen LogP contribution in [0.25, 0.3) is 0 Å². The molecule has 0 radical (unpaired) electrons. The maximum atomic E-state index is 12.9. The molecule has 0 aliphatic carbocycles. The van der Waals surface area contributed by atoms with E-state index in [1.807, 2.05) is 42.0 Å². The van der Waals surface area contributed by atoms with E-state index in [1.54, 1.807) is 13.1 Å². The third-order valence-corrected chi connectivity index (χ3v) is 5.60. The van der Waals surface area contributed by atoms with Crippen LogP contribution in [-0.2, 0) is 16.1 Å². The number of benzene rings is 2. The number of aromatic nitrogens is 2. The first-order valence-electron chi connectivity index (χ1n) is 9.45. The average Bonchev–Trinajstić information content (AvgIpc) is 3.13. The molecule has 0 spiro atoms. The van der Waals surface area contributed by atoms with Gasteiger partial charge in [-0.1, -0.05) is 12.1 Å². The quantitative estimate of drug-likeness (QED) is 0.569. The molecule has 2 amide bonds. The summed E-state index contributed by atoms with van der Waals surface area (Å²) in [6.07, 6.45) is 3.69. The second kappa shape index (κ2) is 10.1. The normalized spacial score (nSPS) is 11.7. The number of anilines is 2. The Labute approximate surface area is 178 Å². The Balaban J connectivity index is 1.45. The van der Waals surface area contributed by atoms with Gasteiger partial charge in [-0.15, -0.1) is 11.8 Å². The number of hydrogen-bond acceptors (Lipinski definition) is 4. The zero-order chi connectivity index (χ0) is 21.5. The summed E-state index contributed by atoms with van der Waals surface area (Å²) in [6, 6.07) is 13.2. The highest BCUT2D eigenvalue weighted by Crippen LogP contribution is 2.17. The van der Waals surface area contributed by atoms with Gasteiger partial charge in [0.1, 0.15) is 11.6 Å². The first-order chi connectivity index (χ1) is 14.4. The molecule has 3 rings (SSSR count). The van der Waals surface area contributed by atoms with E-state index < -0.39 is 5.25 Å². The number of amides is 2. The molecule has 8 heteroatoms. The largest absolute Gasteiger partial charge is 0.331 e. The number of hydrogen-bond donors (Lipinski definition) is 2. The molecule has 3 aromatic rings. The molecule has 0 saturated carbocycles. The highest BCUT2D eigenvalue weighted by atomic mass is 32.2. The van der Waals surface area contributed by atoms with Gasteiger partial charge in [0.05, 0.1) is 11.0 Å².